The first-order valence-corrected chi connectivity index (χ1v) is 5.68. The van der Waals surface area contributed by atoms with Crippen molar-refractivity contribution in [1.29, 1.82) is 0 Å². The maximum atomic E-state index is 11.5. The van der Waals surface area contributed by atoms with Crippen molar-refractivity contribution in [2.45, 2.75) is 13.2 Å². The second kappa shape index (κ2) is 6.46. The van der Waals surface area contributed by atoms with Gasteiger partial charge in [-0.15, -0.1) is 0 Å². The number of hydrogen-bond donors (Lipinski definition) is 2. The van der Waals surface area contributed by atoms with Gasteiger partial charge in [0.15, 0.2) is 0 Å². The van der Waals surface area contributed by atoms with Crippen molar-refractivity contribution >= 4 is 12.0 Å². The van der Waals surface area contributed by atoms with E-state index in [1.807, 2.05) is 30.3 Å². The van der Waals surface area contributed by atoms with Crippen LogP contribution in [0.15, 0.2) is 42.6 Å². The number of nitrogens with one attached hydrogen (secondary N) is 1. The van der Waals surface area contributed by atoms with Gasteiger partial charge in [0.2, 0.25) is 5.95 Å². The van der Waals surface area contributed by atoms with Gasteiger partial charge in [-0.05, 0) is 11.6 Å². The number of hydrogen-bond acceptors (Lipinski definition) is 5. The Balaban J connectivity index is 1.87. The number of anilines is 1. The second-order valence-corrected chi connectivity index (χ2v) is 3.72. The average molecular weight is 259 g/mol. The highest BCUT2D eigenvalue weighted by Gasteiger charge is 2.06. The number of aromatic nitrogens is 2. The maximum absolute atomic E-state index is 11.5. The fourth-order valence-corrected chi connectivity index (χ4v) is 1.39. The van der Waals surface area contributed by atoms with E-state index in [-0.39, 0.29) is 19.2 Å². The molecule has 2 aromatic rings. The molecule has 1 amide bonds. The maximum Gasteiger partial charge on any atom is 0.414 e. The number of carbonyl (C=O) groups excluding carboxylic acids is 1. The molecule has 2 N–H and O–H groups in total. The van der Waals surface area contributed by atoms with Gasteiger partial charge in [-0.2, -0.15) is 0 Å². The molecule has 0 radical (unpaired) electrons. The normalized spacial score (nSPS) is 9.95. The zero-order valence-corrected chi connectivity index (χ0v) is 10.1. The summed E-state index contributed by atoms with van der Waals surface area (Å²) in [6.45, 7) is -0.0391. The lowest BCUT2D eigenvalue weighted by Gasteiger charge is -2.06. The van der Waals surface area contributed by atoms with Gasteiger partial charge < -0.3 is 9.84 Å². The molecule has 6 heteroatoms. The summed E-state index contributed by atoms with van der Waals surface area (Å²) < 4.78 is 5.01. The van der Waals surface area contributed by atoms with Crippen molar-refractivity contribution in [2.75, 3.05) is 5.32 Å². The van der Waals surface area contributed by atoms with E-state index < -0.39 is 6.09 Å². The summed E-state index contributed by atoms with van der Waals surface area (Å²) in [4.78, 5) is 19.3. The Morgan fingerprint density at radius 3 is 2.79 bits per heavy atom. The van der Waals surface area contributed by atoms with E-state index >= 15 is 0 Å². The molecule has 0 aliphatic rings. The van der Waals surface area contributed by atoms with Gasteiger partial charge in [0.1, 0.15) is 6.61 Å². The van der Waals surface area contributed by atoms with Crippen LogP contribution in [-0.4, -0.2) is 21.2 Å². The van der Waals surface area contributed by atoms with Gasteiger partial charge in [-0.3, -0.25) is 5.32 Å². The molecule has 0 saturated carbocycles. The minimum Gasteiger partial charge on any atom is -0.444 e. The van der Waals surface area contributed by atoms with Crippen LogP contribution in [0.4, 0.5) is 10.7 Å². The Morgan fingerprint density at radius 1 is 1.26 bits per heavy atom. The van der Waals surface area contributed by atoms with Crippen molar-refractivity contribution in [3.63, 3.8) is 0 Å². The molecular formula is C13H13N3O3. The van der Waals surface area contributed by atoms with Crippen LogP contribution in [0.25, 0.3) is 0 Å². The molecule has 0 aliphatic heterocycles. The molecule has 1 heterocycles. The Labute approximate surface area is 110 Å². The number of ether oxygens (including phenoxy) is 1. The first-order chi connectivity index (χ1) is 9.28. The zero-order chi connectivity index (χ0) is 13.5. The minimum absolute atomic E-state index is 0.101. The second-order valence-electron chi connectivity index (χ2n) is 3.72. The van der Waals surface area contributed by atoms with Gasteiger partial charge in [0, 0.05) is 6.20 Å². The summed E-state index contributed by atoms with van der Waals surface area (Å²) in [5, 5.41) is 11.3. The molecule has 0 atom stereocenters. The lowest BCUT2D eigenvalue weighted by atomic mass is 10.2. The number of benzene rings is 1. The van der Waals surface area contributed by atoms with Gasteiger partial charge >= 0.3 is 6.09 Å². The van der Waals surface area contributed by atoms with Crippen molar-refractivity contribution in [3.05, 3.63) is 53.9 Å². The lowest BCUT2D eigenvalue weighted by Crippen LogP contribution is -2.16. The molecule has 0 fully saturated rings. The largest absolute Gasteiger partial charge is 0.444 e. The molecule has 2 rings (SSSR count). The summed E-state index contributed by atoms with van der Waals surface area (Å²) in [6, 6.07) is 10.9. The molecule has 0 unspecified atom stereocenters. The Morgan fingerprint density at radius 2 is 2.05 bits per heavy atom. The van der Waals surface area contributed by atoms with E-state index in [9.17, 15) is 4.79 Å². The Bertz CT molecular complexity index is 546. The van der Waals surface area contributed by atoms with Crippen molar-refractivity contribution < 1.29 is 14.6 Å². The standard InChI is InChI=1S/C13H13N3O3/c17-8-11-6-7-14-12(15-11)16-13(18)19-9-10-4-2-1-3-5-10/h1-7,17H,8-9H2,(H,14,15,16,18). The predicted octanol–water partition coefficient (Wildman–Crippen LogP) is 1.72. The first-order valence-electron chi connectivity index (χ1n) is 5.68. The Hall–Kier alpha value is -2.47. The topological polar surface area (TPSA) is 84.3 Å². The van der Waals surface area contributed by atoms with Crippen LogP contribution in [0.1, 0.15) is 11.3 Å². The summed E-state index contributed by atoms with van der Waals surface area (Å²) in [5.74, 6) is 0.101. The molecule has 0 spiro atoms. The fourth-order valence-electron chi connectivity index (χ4n) is 1.39. The van der Waals surface area contributed by atoms with Crippen LogP contribution in [-0.2, 0) is 18.0 Å². The minimum atomic E-state index is -0.640. The molecule has 0 saturated heterocycles. The van der Waals surface area contributed by atoms with E-state index in [1.165, 1.54) is 6.20 Å². The number of rotatable bonds is 4. The molecule has 0 bridgehead atoms. The highest BCUT2D eigenvalue weighted by molar-refractivity contribution is 5.82. The number of amides is 1. The third kappa shape index (κ3) is 4.04. The third-order valence-corrected chi connectivity index (χ3v) is 2.30. The van der Waals surface area contributed by atoms with Crippen molar-refractivity contribution in [1.82, 2.24) is 9.97 Å². The molecular weight excluding hydrogens is 246 g/mol. The van der Waals surface area contributed by atoms with E-state index in [0.29, 0.717) is 5.69 Å². The highest BCUT2D eigenvalue weighted by atomic mass is 16.5. The SMILES string of the molecule is O=C(Nc1nccc(CO)n1)OCc1ccccc1. The van der Waals surface area contributed by atoms with Crippen LogP contribution in [0.2, 0.25) is 0 Å². The smallest absolute Gasteiger partial charge is 0.414 e. The molecule has 1 aromatic carbocycles. The van der Waals surface area contributed by atoms with Gasteiger partial charge in [-0.25, -0.2) is 14.8 Å². The van der Waals surface area contributed by atoms with Crippen LogP contribution in [0.3, 0.4) is 0 Å². The summed E-state index contributed by atoms with van der Waals surface area (Å²) in [5.41, 5.74) is 1.32. The number of carbonyl (C=O) groups is 1. The van der Waals surface area contributed by atoms with E-state index in [1.54, 1.807) is 6.07 Å². The average Bonchev–Trinajstić information content (AvgIpc) is 2.46. The van der Waals surface area contributed by atoms with E-state index in [2.05, 4.69) is 15.3 Å². The number of aliphatic hydroxyl groups is 1. The Kier molecular flexibility index (Phi) is 4.41. The highest BCUT2D eigenvalue weighted by Crippen LogP contribution is 2.04. The third-order valence-electron chi connectivity index (χ3n) is 2.30. The monoisotopic (exact) mass is 259 g/mol. The molecule has 19 heavy (non-hydrogen) atoms. The molecule has 1 aromatic heterocycles. The van der Waals surface area contributed by atoms with Gasteiger partial charge in [0.25, 0.3) is 0 Å². The summed E-state index contributed by atoms with van der Waals surface area (Å²) in [6.07, 6.45) is 0.810. The quantitative estimate of drug-likeness (QED) is 0.873. The predicted molar refractivity (Wildman–Crippen MR) is 68.2 cm³/mol. The molecule has 0 aliphatic carbocycles. The number of aliphatic hydroxyl groups excluding tert-OH is 1. The van der Waals surface area contributed by atoms with Crippen LogP contribution >= 0.6 is 0 Å². The first kappa shape index (κ1) is 13.0. The van der Waals surface area contributed by atoms with E-state index in [4.69, 9.17) is 9.84 Å². The van der Waals surface area contributed by atoms with Crippen LogP contribution in [0, 0.1) is 0 Å². The molecule has 6 nitrogen and oxygen atoms in total. The summed E-state index contributed by atoms with van der Waals surface area (Å²) >= 11 is 0. The van der Waals surface area contributed by atoms with Crippen molar-refractivity contribution in [2.24, 2.45) is 0 Å². The van der Waals surface area contributed by atoms with Crippen molar-refractivity contribution in [3.8, 4) is 0 Å². The van der Waals surface area contributed by atoms with Gasteiger partial charge in [-0.1, -0.05) is 30.3 Å². The molecule has 98 valence electrons. The number of nitrogens with zero attached hydrogens (tertiary/aromatic N) is 2. The van der Waals surface area contributed by atoms with Crippen LogP contribution < -0.4 is 5.32 Å². The van der Waals surface area contributed by atoms with E-state index in [0.717, 1.165) is 5.56 Å². The fraction of sp³-hybridized carbons (Fsp3) is 0.154. The summed E-state index contributed by atoms with van der Waals surface area (Å²) in [7, 11) is 0. The van der Waals surface area contributed by atoms with Gasteiger partial charge in [0.05, 0.1) is 12.3 Å². The zero-order valence-electron chi connectivity index (χ0n) is 10.1. The van der Waals surface area contributed by atoms with Crippen LogP contribution in [0.5, 0.6) is 0 Å². The lowest BCUT2D eigenvalue weighted by molar-refractivity contribution is 0.155.